The van der Waals surface area contributed by atoms with Gasteiger partial charge in [0.2, 0.25) is 0 Å². The van der Waals surface area contributed by atoms with E-state index in [4.69, 9.17) is 5.53 Å². The first-order valence-electron chi connectivity index (χ1n) is 6.06. The van der Waals surface area contributed by atoms with Crippen LogP contribution in [0.5, 0.6) is 0 Å². The van der Waals surface area contributed by atoms with Crippen molar-refractivity contribution >= 4 is 11.3 Å². The van der Waals surface area contributed by atoms with Crippen LogP contribution in [-0.4, -0.2) is 11.7 Å². The first-order valence-corrected chi connectivity index (χ1v) is 6.87. The lowest BCUT2D eigenvalue weighted by Gasteiger charge is -2.09. The Morgan fingerprint density at radius 3 is 2.74 bits per heavy atom. The lowest BCUT2D eigenvalue weighted by molar-refractivity contribution is 0.285. The highest BCUT2D eigenvalue weighted by Gasteiger charge is 2.15. The van der Waals surface area contributed by atoms with Crippen molar-refractivity contribution in [1.82, 2.24) is 0 Å². The summed E-state index contributed by atoms with van der Waals surface area (Å²) in [6, 6.07) is 12.1. The lowest BCUT2D eigenvalue weighted by atomic mass is 10.00. The molecule has 4 nitrogen and oxygen atoms in total. The Morgan fingerprint density at radius 2 is 2.11 bits per heavy atom. The minimum absolute atomic E-state index is 0.0404. The zero-order valence-electron chi connectivity index (χ0n) is 10.7. The van der Waals surface area contributed by atoms with E-state index in [0.717, 1.165) is 20.9 Å². The Morgan fingerprint density at radius 1 is 1.37 bits per heavy atom. The number of thiophene rings is 1. The van der Waals surface area contributed by atoms with E-state index in [9.17, 15) is 5.11 Å². The van der Waals surface area contributed by atoms with Crippen LogP contribution in [0, 0.1) is 0 Å². The maximum absolute atomic E-state index is 9.31. The fourth-order valence-electron chi connectivity index (χ4n) is 1.99. The van der Waals surface area contributed by atoms with Gasteiger partial charge >= 0.3 is 0 Å². The molecule has 1 aromatic heterocycles. The summed E-state index contributed by atoms with van der Waals surface area (Å²) in [6.45, 7) is 2.51. The van der Waals surface area contributed by atoms with Crippen LogP contribution in [0.25, 0.3) is 21.6 Å². The number of hydrogen-bond donors (Lipinski definition) is 1. The molecule has 0 spiro atoms. The van der Waals surface area contributed by atoms with Crippen molar-refractivity contribution in [2.45, 2.75) is 19.4 Å². The average Bonchev–Trinajstić information content (AvgIpc) is 2.90. The van der Waals surface area contributed by atoms with Gasteiger partial charge in [0.15, 0.2) is 0 Å². The van der Waals surface area contributed by atoms with Crippen LogP contribution in [0.2, 0.25) is 0 Å². The van der Waals surface area contributed by atoms with Crippen molar-refractivity contribution in [3.05, 3.63) is 56.6 Å². The van der Waals surface area contributed by atoms with Gasteiger partial charge in [-0.15, -0.1) is 11.3 Å². The van der Waals surface area contributed by atoms with E-state index in [1.165, 1.54) is 0 Å². The summed E-state index contributed by atoms with van der Waals surface area (Å²) in [5, 5.41) is 13.0. The molecule has 0 aliphatic rings. The van der Waals surface area contributed by atoms with E-state index in [2.05, 4.69) is 10.0 Å². The molecule has 1 unspecified atom stereocenters. The summed E-state index contributed by atoms with van der Waals surface area (Å²) >= 11 is 1.58. The highest BCUT2D eigenvalue weighted by Crippen LogP contribution is 2.36. The van der Waals surface area contributed by atoms with Gasteiger partial charge in [-0.2, -0.15) is 0 Å². The number of aliphatic hydroxyl groups excluding tert-OH is 1. The van der Waals surface area contributed by atoms with Crippen molar-refractivity contribution in [3.63, 3.8) is 0 Å². The summed E-state index contributed by atoms with van der Waals surface area (Å²) in [4.78, 5) is 4.90. The Bertz CT molecular complexity index is 588. The predicted molar refractivity (Wildman–Crippen MR) is 78.1 cm³/mol. The van der Waals surface area contributed by atoms with Gasteiger partial charge in [0, 0.05) is 21.2 Å². The van der Waals surface area contributed by atoms with Gasteiger partial charge < -0.3 is 5.11 Å². The molecule has 0 aliphatic heterocycles. The van der Waals surface area contributed by atoms with Crippen molar-refractivity contribution in [3.8, 4) is 11.1 Å². The maximum Gasteiger partial charge on any atom is 0.0774 e. The number of hydrogen-bond acceptors (Lipinski definition) is 3. The molecule has 1 aromatic carbocycles. The van der Waals surface area contributed by atoms with Crippen LogP contribution in [0.15, 0.2) is 41.5 Å². The molecule has 1 heterocycles. The van der Waals surface area contributed by atoms with E-state index in [-0.39, 0.29) is 12.5 Å². The first kappa shape index (κ1) is 13.6. The van der Waals surface area contributed by atoms with Crippen LogP contribution >= 0.6 is 11.3 Å². The minimum Gasteiger partial charge on any atom is -0.391 e. The smallest absolute Gasteiger partial charge is 0.0774 e. The normalized spacial score (nSPS) is 11.9. The zero-order valence-corrected chi connectivity index (χ0v) is 11.5. The number of aliphatic hydroxyl groups is 1. The molecule has 19 heavy (non-hydrogen) atoms. The van der Waals surface area contributed by atoms with Crippen molar-refractivity contribution < 1.29 is 5.11 Å². The summed E-state index contributed by atoms with van der Waals surface area (Å²) in [5.41, 5.74) is 10.7. The summed E-state index contributed by atoms with van der Waals surface area (Å²) in [7, 11) is 0. The molecule has 2 aromatic rings. The number of nitrogens with zero attached hydrogens (tertiary/aromatic N) is 3. The molecule has 1 atom stereocenters. The molecule has 0 saturated carbocycles. The van der Waals surface area contributed by atoms with Crippen LogP contribution in [0.4, 0.5) is 0 Å². The van der Waals surface area contributed by atoms with Crippen LogP contribution in [0.3, 0.4) is 0 Å². The van der Waals surface area contributed by atoms with Gasteiger partial charge in [-0.1, -0.05) is 42.4 Å². The Hall–Kier alpha value is -1.81. The molecular weight excluding hydrogens is 258 g/mol. The van der Waals surface area contributed by atoms with Gasteiger partial charge in [-0.25, -0.2) is 0 Å². The van der Waals surface area contributed by atoms with E-state index in [1.54, 1.807) is 11.3 Å². The highest BCUT2D eigenvalue weighted by atomic mass is 32.1. The van der Waals surface area contributed by atoms with Crippen molar-refractivity contribution in [2.24, 2.45) is 5.11 Å². The molecule has 2 rings (SSSR count). The lowest BCUT2D eigenvalue weighted by Crippen LogP contribution is -1.95. The van der Waals surface area contributed by atoms with Gasteiger partial charge in [-0.3, -0.25) is 0 Å². The van der Waals surface area contributed by atoms with Gasteiger partial charge in [-0.05, 0) is 28.6 Å². The highest BCUT2D eigenvalue weighted by molar-refractivity contribution is 7.12. The van der Waals surface area contributed by atoms with Crippen LogP contribution in [0.1, 0.15) is 22.6 Å². The van der Waals surface area contributed by atoms with Crippen molar-refractivity contribution in [2.75, 3.05) is 6.54 Å². The molecule has 0 bridgehead atoms. The average molecular weight is 273 g/mol. The Balaban J connectivity index is 2.42. The second-order valence-electron chi connectivity index (χ2n) is 4.33. The van der Waals surface area contributed by atoms with Crippen molar-refractivity contribution in [1.29, 1.82) is 0 Å². The van der Waals surface area contributed by atoms with Crippen LogP contribution < -0.4 is 0 Å². The number of benzene rings is 1. The van der Waals surface area contributed by atoms with E-state index in [0.29, 0.717) is 6.54 Å². The Labute approximate surface area is 116 Å². The molecule has 5 heteroatoms. The third kappa shape index (κ3) is 3.15. The zero-order chi connectivity index (χ0) is 13.7. The quantitative estimate of drug-likeness (QED) is 0.492. The first-order chi connectivity index (χ1) is 9.26. The summed E-state index contributed by atoms with van der Waals surface area (Å²) < 4.78 is 0. The molecule has 0 amide bonds. The summed E-state index contributed by atoms with van der Waals surface area (Å²) in [6.07, 6.45) is 0. The topological polar surface area (TPSA) is 69.0 Å². The molecule has 0 fully saturated rings. The monoisotopic (exact) mass is 273 g/mol. The standard InChI is InChI=1S/C14H15N3OS/c1-10(8-16-17-15)14-13(7-12(9-18)19-14)11-5-3-2-4-6-11/h2-7,10,18H,8-9H2,1H3. The minimum atomic E-state index is 0.0404. The van der Waals surface area contributed by atoms with Gasteiger partial charge in [0.25, 0.3) is 0 Å². The molecule has 0 aliphatic carbocycles. The number of rotatable bonds is 5. The molecule has 0 radical (unpaired) electrons. The predicted octanol–water partition coefficient (Wildman–Crippen LogP) is 4.32. The molecular formula is C14H15N3OS. The summed E-state index contributed by atoms with van der Waals surface area (Å²) in [5.74, 6) is 0.149. The second-order valence-corrected chi connectivity index (χ2v) is 5.50. The number of azide groups is 1. The molecule has 98 valence electrons. The molecule has 0 saturated heterocycles. The van der Waals surface area contributed by atoms with Crippen LogP contribution in [-0.2, 0) is 6.61 Å². The van der Waals surface area contributed by atoms with E-state index < -0.39 is 0 Å². The SMILES string of the molecule is CC(CN=[N+]=[N-])c1sc(CO)cc1-c1ccccc1. The fourth-order valence-corrected chi connectivity index (χ4v) is 3.07. The van der Waals surface area contributed by atoms with E-state index >= 15 is 0 Å². The van der Waals surface area contributed by atoms with Gasteiger partial charge in [0.1, 0.15) is 0 Å². The second kappa shape index (κ2) is 6.38. The third-order valence-electron chi connectivity index (χ3n) is 2.92. The third-order valence-corrected chi connectivity index (χ3v) is 4.27. The largest absolute Gasteiger partial charge is 0.391 e. The molecule has 1 N–H and O–H groups in total. The van der Waals surface area contributed by atoms with Gasteiger partial charge in [0.05, 0.1) is 6.61 Å². The fraction of sp³-hybridized carbons (Fsp3) is 0.286. The maximum atomic E-state index is 9.31. The Kier molecular flexibility index (Phi) is 4.58. The van der Waals surface area contributed by atoms with E-state index in [1.807, 2.05) is 43.3 Å².